The van der Waals surface area contributed by atoms with Gasteiger partial charge in [-0.05, 0) is 48.1 Å². The fourth-order valence-corrected chi connectivity index (χ4v) is 5.28. The van der Waals surface area contributed by atoms with Crippen LogP contribution in [0.15, 0.2) is 54.6 Å². The lowest BCUT2D eigenvalue weighted by molar-refractivity contribution is 0.554. The van der Waals surface area contributed by atoms with Gasteiger partial charge in [-0.3, -0.25) is 0 Å². The molecule has 0 aliphatic carbocycles. The van der Waals surface area contributed by atoms with Crippen LogP contribution in [0.4, 0.5) is 0 Å². The summed E-state index contributed by atoms with van der Waals surface area (Å²) in [7, 11) is 0. The molecule has 2 aromatic carbocycles. The van der Waals surface area contributed by atoms with E-state index < -0.39 is 0 Å². The molecule has 1 atom stereocenters. The van der Waals surface area contributed by atoms with Crippen molar-refractivity contribution in [1.29, 1.82) is 0 Å². The molecule has 0 amide bonds. The van der Waals surface area contributed by atoms with E-state index in [-0.39, 0.29) is 4.75 Å². The second-order valence-electron chi connectivity index (χ2n) is 8.06. The SMILES string of the molecule is CC.CCCC.CCCCSC(CCC)(Cc1ccc(CCC)cc1)c1ccccc1. The maximum absolute atomic E-state index is 2.36. The van der Waals surface area contributed by atoms with Gasteiger partial charge in [0.05, 0.1) is 0 Å². The van der Waals surface area contributed by atoms with Gasteiger partial charge < -0.3 is 0 Å². The summed E-state index contributed by atoms with van der Waals surface area (Å²) in [6.07, 6.45) is 11.2. The molecule has 0 saturated heterocycles. The van der Waals surface area contributed by atoms with Crippen LogP contribution in [-0.2, 0) is 17.6 Å². The van der Waals surface area contributed by atoms with E-state index in [1.807, 2.05) is 13.8 Å². The summed E-state index contributed by atoms with van der Waals surface area (Å²) in [6, 6.07) is 20.6. The molecule has 0 spiro atoms. The van der Waals surface area contributed by atoms with E-state index in [4.69, 9.17) is 0 Å². The number of hydrogen-bond donors (Lipinski definition) is 0. The van der Waals surface area contributed by atoms with Gasteiger partial charge in [-0.15, -0.1) is 0 Å². The number of aryl methyl sites for hydroxylation is 1. The van der Waals surface area contributed by atoms with Crippen LogP contribution < -0.4 is 0 Å². The van der Waals surface area contributed by atoms with E-state index in [0.717, 1.165) is 6.42 Å². The Hall–Kier alpha value is -1.21. The number of thioether (sulfide) groups is 1. The first-order chi connectivity index (χ1) is 15.2. The Bertz CT molecular complexity index is 615. The molecule has 0 nitrogen and oxygen atoms in total. The van der Waals surface area contributed by atoms with Crippen LogP contribution in [0.25, 0.3) is 0 Å². The zero-order valence-electron chi connectivity index (χ0n) is 21.7. The Labute approximate surface area is 199 Å². The van der Waals surface area contributed by atoms with Crippen molar-refractivity contribution in [3.05, 3.63) is 71.3 Å². The van der Waals surface area contributed by atoms with E-state index in [1.54, 1.807) is 0 Å². The molecular formula is C30H50S. The second kappa shape index (κ2) is 19.5. The smallest absolute Gasteiger partial charge is 0.0448 e. The van der Waals surface area contributed by atoms with E-state index in [9.17, 15) is 0 Å². The summed E-state index contributed by atoms with van der Waals surface area (Å²) in [6.45, 7) is 15.2. The van der Waals surface area contributed by atoms with Crippen LogP contribution in [0.3, 0.4) is 0 Å². The summed E-state index contributed by atoms with van der Waals surface area (Å²) in [4.78, 5) is 0. The minimum atomic E-state index is 0.206. The number of rotatable bonds is 12. The van der Waals surface area contributed by atoms with Crippen LogP contribution in [0.5, 0.6) is 0 Å². The Morgan fingerprint density at radius 3 is 1.71 bits per heavy atom. The zero-order chi connectivity index (χ0) is 23.4. The normalized spacial score (nSPS) is 12.1. The van der Waals surface area contributed by atoms with Gasteiger partial charge in [0, 0.05) is 4.75 Å². The van der Waals surface area contributed by atoms with Crippen LogP contribution in [0, 0.1) is 0 Å². The maximum Gasteiger partial charge on any atom is 0.0448 e. The minimum absolute atomic E-state index is 0.206. The molecule has 0 fully saturated rings. The summed E-state index contributed by atoms with van der Waals surface area (Å²) in [5, 5.41) is 0. The van der Waals surface area contributed by atoms with Crippen LogP contribution in [0.2, 0.25) is 0 Å². The molecule has 1 unspecified atom stereocenters. The lowest BCUT2D eigenvalue weighted by Crippen LogP contribution is -2.26. The third-order valence-electron chi connectivity index (χ3n) is 5.38. The summed E-state index contributed by atoms with van der Waals surface area (Å²) < 4.78 is 0.206. The van der Waals surface area contributed by atoms with Crippen LogP contribution >= 0.6 is 11.8 Å². The predicted molar refractivity (Wildman–Crippen MR) is 146 cm³/mol. The lowest BCUT2D eigenvalue weighted by Gasteiger charge is -2.34. The van der Waals surface area contributed by atoms with E-state index in [1.165, 1.54) is 73.8 Å². The molecule has 0 radical (unpaired) electrons. The molecule has 1 heteroatoms. The average molecular weight is 443 g/mol. The predicted octanol–water partition coefficient (Wildman–Crippen LogP) is 10.2. The first kappa shape index (κ1) is 29.8. The van der Waals surface area contributed by atoms with E-state index in [0.29, 0.717) is 0 Å². The first-order valence-electron chi connectivity index (χ1n) is 12.9. The molecule has 2 rings (SSSR count). The molecule has 0 aliphatic rings. The first-order valence-corrected chi connectivity index (χ1v) is 13.9. The molecule has 0 aromatic heterocycles. The third-order valence-corrected chi connectivity index (χ3v) is 7.01. The van der Waals surface area contributed by atoms with Gasteiger partial charge in [0.1, 0.15) is 0 Å². The molecule has 31 heavy (non-hydrogen) atoms. The Kier molecular flexibility index (Phi) is 18.7. The lowest BCUT2D eigenvalue weighted by atomic mass is 9.87. The molecule has 176 valence electrons. The van der Waals surface area contributed by atoms with Crippen molar-refractivity contribution >= 4 is 11.8 Å². The fraction of sp³-hybridized carbons (Fsp3) is 0.600. The summed E-state index contributed by atoms with van der Waals surface area (Å²) >= 11 is 2.18. The zero-order valence-corrected chi connectivity index (χ0v) is 22.5. The summed E-state index contributed by atoms with van der Waals surface area (Å²) in [5.74, 6) is 1.25. The highest BCUT2D eigenvalue weighted by Gasteiger charge is 2.31. The van der Waals surface area contributed by atoms with Crippen molar-refractivity contribution in [3.8, 4) is 0 Å². The minimum Gasteiger partial charge on any atom is -0.150 e. The monoisotopic (exact) mass is 442 g/mol. The van der Waals surface area contributed by atoms with Crippen molar-refractivity contribution in [1.82, 2.24) is 0 Å². The number of unbranched alkanes of at least 4 members (excludes halogenated alkanes) is 2. The van der Waals surface area contributed by atoms with Crippen molar-refractivity contribution < 1.29 is 0 Å². The third kappa shape index (κ3) is 11.8. The van der Waals surface area contributed by atoms with Crippen LogP contribution in [0.1, 0.15) is 110 Å². The van der Waals surface area contributed by atoms with Gasteiger partial charge >= 0.3 is 0 Å². The van der Waals surface area contributed by atoms with E-state index >= 15 is 0 Å². The highest BCUT2D eigenvalue weighted by Crippen LogP contribution is 2.44. The molecular weight excluding hydrogens is 392 g/mol. The second-order valence-corrected chi connectivity index (χ2v) is 9.53. The Morgan fingerprint density at radius 1 is 0.645 bits per heavy atom. The summed E-state index contributed by atoms with van der Waals surface area (Å²) in [5.41, 5.74) is 4.43. The molecule has 0 aliphatic heterocycles. The Balaban J connectivity index is 0.00000134. The van der Waals surface area contributed by atoms with Gasteiger partial charge in [-0.2, -0.15) is 11.8 Å². The maximum atomic E-state index is 2.36. The average Bonchev–Trinajstić information content (AvgIpc) is 2.83. The van der Waals surface area contributed by atoms with Gasteiger partial charge in [0.25, 0.3) is 0 Å². The standard InChI is InChI=1S/C24H34S.C4H10.C2H6/c1-4-7-19-25-24(18-6-3,23-12-9-8-10-13-23)20-22-16-14-21(11-5-2)15-17-22;1-3-4-2;1-2/h8-10,12-17H,4-7,11,18-20H2,1-3H3;3-4H2,1-2H3;1-2H3. The quantitative estimate of drug-likeness (QED) is 0.294. The Morgan fingerprint density at radius 2 is 1.23 bits per heavy atom. The van der Waals surface area contributed by atoms with Crippen molar-refractivity contribution in [2.45, 2.75) is 111 Å². The number of benzene rings is 2. The van der Waals surface area contributed by atoms with Crippen molar-refractivity contribution in [2.24, 2.45) is 0 Å². The molecule has 0 N–H and O–H groups in total. The van der Waals surface area contributed by atoms with Gasteiger partial charge in [-0.25, -0.2) is 0 Å². The highest BCUT2D eigenvalue weighted by molar-refractivity contribution is 8.00. The van der Waals surface area contributed by atoms with E-state index in [2.05, 4.69) is 101 Å². The molecule has 0 heterocycles. The van der Waals surface area contributed by atoms with Gasteiger partial charge in [0.2, 0.25) is 0 Å². The van der Waals surface area contributed by atoms with Gasteiger partial charge in [0.15, 0.2) is 0 Å². The highest BCUT2D eigenvalue weighted by atomic mass is 32.2. The topological polar surface area (TPSA) is 0 Å². The molecule has 0 saturated carbocycles. The fourth-order valence-electron chi connectivity index (χ4n) is 3.54. The van der Waals surface area contributed by atoms with Crippen molar-refractivity contribution in [2.75, 3.05) is 5.75 Å². The molecule has 0 bridgehead atoms. The number of hydrogen-bond acceptors (Lipinski definition) is 1. The molecule has 2 aromatic rings. The largest absolute Gasteiger partial charge is 0.150 e. The van der Waals surface area contributed by atoms with Gasteiger partial charge in [-0.1, -0.05) is 135 Å². The van der Waals surface area contributed by atoms with Crippen LogP contribution in [-0.4, -0.2) is 5.75 Å². The van der Waals surface area contributed by atoms with Crippen molar-refractivity contribution in [3.63, 3.8) is 0 Å².